The molecular formula is C124H150N16O3. The van der Waals surface area contributed by atoms with E-state index in [2.05, 4.69) is 391 Å². The Labute approximate surface area is 849 Å². The summed E-state index contributed by atoms with van der Waals surface area (Å²) in [5.74, 6) is -0.232. The van der Waals surface area contributed by atoms with Crippen LogP contribution in [0.4, 0.5) is 0 Å². The maximum atomic E-state index is 13.5. The largest absolute Gasteiger partial charge is 0.465 e. The third-order valence-corrected chi connectivity index (χ3v) is 30.1. The number of esters is 1. The van der Waals surface area contributed by atoms with Crippen LogP contribution in [0.1, 0.15) is 250 Å². The number of nitrogens with zero attached hydrogens (tertiary/aromatic N) is 12. The van der Waals surface area contributed by atoms with Gasteiger partial charge < -0.3 is 29.8 Å². The van der Waals surface area contributed by atoms with Crippen molar-refractivity contribution >= 4 is 49.6 Å². The number of aliphatic hydroxyl groups is 1. The number of H-pyrrole nitrogens is 4. The molecule has 8 aromatic heterocycles. The van der Waals surface area contributed by atoms with Gasteiger partial charge in [0.2, 0.25) is 0 Å². The Kier molecular flexibility index (Phi) is 26.5. The second-order valence-corrected chi connectivity index (χ2v) is 44.4. The topological polar surface area (TPSA) is 194 Å². The van der Waals surface area contributed by atoms with Crippen LogP contribution in [0, 0.1) is 38.5 Å². The van der Waals surface area contributed by atoms with Gasteiger partial charge in [-0.2, -0.15) is 20.4 Å². The van der Waals surface area contributed by atoms with Crippen molar-refractivity contribution in [1.82, 2.24) is 78.7 Å². The van der Waals surface area contributed by atoms with Gasteiger partial charge in [0.15, 0.2) is 0 Å². The van der Waals surface area contributed by atoms with E-state index in [9.17, 15) is 9.90 Å². The molecule has 19 nitrogen and oxygen atoms in total. The summed E-state index contributed by atoms with van der Waals surface area (Å²) in [7, 11) is 0. The molecule has 0 amide bonds. The number of benzene rings is 10. The van der Waals surface area contributed by atoms with Crippen molar-refractivity contribution in [2.24, 2.45) is 10.8 Å². The standard InChI is InChI=1S/C35H38N4O2.C35H40N4O.C28H34N4.C26H30N4.4H2/c1-6-23-15-12-16-24(7-2)30(23)39-31(27-17-18-29-26(21-27)19-20-36-29)28-22-38(35(4,5)33(28)37-39)32(34(40)41-8-3)25-13-10-9-11-14-25;1-7-23-15-12-16-24(8-2)30(23)39-31(27-17-18-29-26(21-27)19-20-36-29)28-22-38(34(3,4)32(28)37-39)33(35(5,6)40)25-13-10-9-11-14-25;1-18-9-8-10-19(2)24(18)32-25(21-11-12-23-20(15-21)13-14-29-23)22-16-31(17-27(3,4)5)28(6,7)26(22)30-32;1-17-7-6-8-18(2)24(17)30-25(20-9-10-22-19(13-20)11-12-27-22)21-14-29(15-23(21)28-30)16-26(3,4)5;;;;/h9-21,32,36H,6-8,22H2,1-5H3;9-21,33,36,40H,7-8,22H2,1-6H3;8-15,29H,16-17H2,1-7H3;6-13,27H,14-16H2,1-5H3;4*1H. The predicted molar refractivity (Wildman–Crippen MR) is 593 cm³/mol. The Morgan fingerprint density at radius 2 is 0.720 bits per heavy atom. The first kappa shape index (κ1) is 98.3. The van der Waals surface area contributed by atoms with E-state index in [0.717, 1.165) is 125 Å². The van der Waals surface area contributed by atoms with Gasteiger partial charge in [0.1, 0.15) is 6.04 Å². The average molecular weight is 1910 g/mol. The van der Waals surface area contributed by atoms with Crippen LogP contribution in [-0.4, -0.2) is 115 Å². The molecule has 0 bridgehead atoms. The number of fused-ring (bicyclic) bond motifs is 8. The fraction of sp³-hybridized carbons (Fsp3) is 0.347. The Hall–Kier alpha value is -13.5. The summed E-state index contributed by atoms with van der Waals surface area (Å²) in [6, 6.07) is 81.0. The van der Waals surface area contributed by atoms with Gasteiger partial charge in [-0.1, -0.05) is 227 Å². The van der Waals surface area contributed by atoms with Crippen LogP contribution < -0.4 is 0 Å². The normalized spacial score (nSPS) is 15.5. The van der Waals surface area contributed by atoms with Gasteiger partial charge in [-0.3, -0.25) is 19.6 Å². The third kappa shape index (κ3) is 18.5. The van der Waals surface area contributed by atoms with Gasteiger partial charge in [-0.15, -0.1) is 0 Å². The minimum absolute atomic E-state index is 0. The van der Waals surface area contributed by atoms with Crippen LogP contribution >= 0.6 is 0 Å². The fourth-order valence-corrected chi connectivity index (χ4v) is 23.3. The van der Waals surface area contributed by atoms with Gasteiger partial charge in [0.05, 0.1) is 103 Å². The third-order valence-electron chi connectivity index (χ3n) is 30.1. The van der Waals surface area contributed by atoms with Crippen LogP contribution in [0.15, 0.2) is 255 Å². The lowest BCUT2D eigenvalue weighted by Crippen LogP contribution is -2.47. The summed E-state index contributed by atoms with van der Waals surface area (Å²) in [6.07, 6.45) is 11.7. The summed E-state index contributed by atoms with van der Waals surface area (Å²) >= 11 is 0. The quantitative estimate of drug-likeness (QED) is 0.0430. The van der Waals surface area contributed by atoms with Gasteiger partial charge in [-0.05, 0) is 255 Å². The highest BCUT2D eigenvalue weighted by Crippen LogP contribution is 2.54. The molecular weight excluding hydrogens is 1760 g/mol. The van der Waals surface area contributed by atoms with E-state index in [1.165, 1.54) is 145 Å². The number of aromatic nitrogens is 12. The van der Waals surface area contributed by atoms with Crippen molar-refractivity contribution in [2.75, 3.05) is 19.7 Å². The number of nitrogens with one attached hydrogen (secondary N) is 4. The Morgan fingerprint density at radius 3 is 1.10 bits per heavy atom. The fourth-order valence-electron chi connectivity index (χ4n) is 23.3. The number of hydrogen-bond acceptors (Lipinski definition) is 11. The SMILES string of the molecule is CCOC(=O)C(c1ccccc1)N1Cc2c(nn(-c3c(CC)cccc3CC)c2-c2ccc3[nH]ccc3c2)C1(C)C.CCc1cccc(CC)c1-n1nc2c(c1-c1ccc3[nH]ccc3c1)CN(C(c1ccccc1)C(C)(C)O)C2(C)C.Cc1cccc(C)c1-n1nc2c(c1-c1ccc3[nH]ccc3c1)CN(CC(C)(C)C)C2.Cc1cccc(C)c1-n1nc2c(c1-c1ccc3[nH]ccc3c1)CN(CC(C)(C)C)C2(C)C.[HH].[HH].[HH].[HH]. The summed E-state index contributed by atoms with van der Waals surface area (Å²) < 4.78 is 14.5. The van der Waals surface area contributed by atoms with Crippen molar-refractivity contribution in [1.29, 1.82) is 0 Å². The van der Waals surface area contributed by atoms with E-state index in [1.54, 1.807) is 0 Å². The summed E-state index contributed by atoms with van der Waals surface area (Å²) in [5.41, 5.74) is 39.1. The molecule has 18 aromatic rings. The number of hydrogen-bond donors (Lipinski definition) is 5. The zero-order valence-electron chi connectivity index (χ0n) is 88.0. The molecule has 5 N–H and O–H groups in total. The predicted octanol–water partition coefficient (Wildman–Crippen LogP) is 28.9. The molecule has 4 aliphatic heterocycles. The van der Waals surface area contributed by atoms with Gasteiger partial charge in [0, 0.05) is 164 Å². The zero-order chi connectivity index (χ0) is 101. The molecule has 19 heteroatoms. The Morgan fingerprint density at radius 1 is 0.378 bits per heavy atom. The van der Waals surface area contributed by atoms with Crippen molar-refractivity contribution < 1.29 is 20.3 Å². The molecule has 0 radical (unpaired) electrons. The molecule has 0 spiro atoms. The molecule has 143 heavy (non-hydrogen) atoms. The summed E-state index contributed by atoms with van der Waals surface area (Å²) in [6.45, 7) is 57.2. The maximum absolute atomic E-state index is 13.5. The van der Waals surface area contributed by atoms with Crippen molar-refractivity contribution in [3.05, 3.63) is 356 Å². The molecule has 12 heterocycles. The molecule has 0 aliphatic carbocycles. The highest BCUT2D eigenvalue weighted by molar-refractivity contribution is 5.90. The van der Waals surface area contributed by atoms with Crippen LogP contribution in [0.3, 0.4) is 0 Å². The van der Waals surface area contributed by atoms with E-state index < -0.39 is 22.7 Å². The number of para-hydroxylation sites is 4. The van der Waals surface area contributed by atoms with Crippen molar-refractivity contribution in [2.45, 2.75) is 252 Å². The molecule has 0 saturated carbocycles. The number of ether oxygens (including phenoxy) is 1. The molecule has 22 rings (SSSR count). The monoisotopic (exact) mass is 1910 g/mol. The van der Waals surface area contributed by atoms with Crippen LogP contribution in [0.5, 0.6) is 0 Å². The summed E-state index contributed by atoms with van der Waals surface area (Å²) in [5, 5.41) is 37.7. The van der Waals surface area contributed by atoms with E-state index in [1.807, 2.05) is 82.0 Å². The number of carbonyl (C=O) groups excluding carboxylic acids is 1. The molecule has 0 fully saturated rings. The first-order valence-electron chi connectivity index (χ1n) is 51.5. The zero-order valence-corrected chi connectivity index (χ0v) is 88.0. The number of rotatable bonds is 21. The average Bonchev–Trinajstić information content (AvgIpc) is 1.55. The second kappa shape index (κ2) is 38.6. The highest BCUT2D eigenvalue weighted by Gasteiger charge is 2.52. The van der Waals surface area contributed by atoms with Crippen LogP contribution in [0.25, 0.3) is 111 Å². The smallest absolute Gasteiger partial charge is 0.328 e. The Bertz CT molecular complexity index is 7680. The van der Waals surface area contributed by atoms with E-state index >= 15 is 0 Å². The lowest BCUT2D eigenvalue weighted by molar-refractivity contribution is -0.152. The van der Waals surface area contributed by atoms with Gasteiger partial charge >= 0.3 is 5.97 Å². The number of aryl methyl sites for hydroxylation is 8. The van der Waals surface area contributed by atoms with Gasteiger partial charge in [0.25, 0.3) is 0 Å². The molecule has 0 saturated heterocycles. The van der Waals surface area contributed by atoms with E-state index in [0.29, 0.717) is 19.7 Å². The Balaban J connectivity index is 0.000000147. The molecule has 10 aromatic carbocycles. The number of carbonyl (C=O) groups is 1. The van der Waals surface area contributed by atoms with Gasteiger partial charge in [-0.25, -0.2) is 23.5 Å². The van der Waals surface area contributed by atoms with E-state index in [-0.39, 0.29) is 34.1 Å². The second-order valence-electron chi connectivity index (χ2n) is 44.4. The first-order chi connectivity index (χ1) is 68.4. The first-order valence-corrected chi connectivity index (χ1v) is 51.5. The molecule has 744 valence electrons. The minimum atomic E-state index is -0.952. The number of aromatic amines is 4. The van der Waals surface area contributed by atoms with Crippen LogP contribution in [0.2, 0.25) is 0 Å². The molecule has 2 unspecified atom stereocenters. The highest BCUT2D eigenvalue weighted by atomic mass is 16.5. The minimum Gasteiger partial charge on any atom is -0.465 e. The van der Waals surface area contributed by atoms with Crippen molar-refractivity contribution in [3.63, 3.8) is 0 Å². The van der Waals surface area contributed by atoms with Crippen molar-refractivity contribution in [3.8, 4) is 67.8 Å². The lowest BCUT2D eigenvalue weighted by atomic mass is 9.87. The summed E-state index contributed by atoms with van der Waals surface area (Å²) in [4.78, 5) is 36.6. The maximum Gasteiger partial charge on any atom is 0.328 e. The molecule has 4 aliphatic rings. The molecule has 2 atom stereocenters. The van der Waals surface area contributed by atoms with E-state index in [4.69, 9.17) is 25.1 Å². The van der Waals surface area contributed by atoms with Crippen LogP contribution in [-0.2, 0) is 84.6 Å². The lowest BCUT2D eigenvalue weighted by Gasteiger charge is -2.44.